The molecule has 6 heteroatoms. The van der Waals surface area contributed by atoms with Crippen molar-refractivity contribution in [1.82, 2.24) is 0 Å². The van der Waals surface area contributed by atoms with Crippen molar-refractivity contribution in [3.8, 4) is 0 Å². The van der Waals surface area contributed by atoms with Gasteiger partial charge in [-0.1, -0.05) is 4.32 Å². The van der Waals surface area contributed by atoms with E-state index in [1.165, 1.54) is 0 Å². The van der Waals surface area contributed by atoms with Crippen LogP contribution >= 0.6 is 12.2 Å². The summed E-state index contributed by atoms with van der Waals surface area (Å²) in [5, 5.41) is 8.25. The van der Waals surface area contributed by atoms with Crippen LogP contribution in [0.5, 0.6) is 0 Å². The molecular weight excluding hydrogens is 158 g/mol. The predicted octanol–water partition coefficient (Wildman–Crippen LogP) is -2.24. The first-order valence-electron chi connectivity index (χ1n) is 1.17. The van der Waals surface area contributed by atoms with Gasteiger partial charge in [0.05, 0.1) is 0 Å². The maximum atomic E-state index is 8.25. The average molecular weight is 161 g/mol. The fraction of sp³-hybridized carbons (Fsp3) is 0. The van der Waals surface area contributed by atoms with Gasteiger partial charge in [-0.2, -0.15) is 0 Å². The molecule has 0 radical (unpaired) electrons. The molecule has 0 spiro atoms. The first-order valence-corrected chi connectivity index (χ1v) is 1.98. The van der Waals surface area contributed by atoms with Crippen LogP contribution in [0.2, 0.25) is 0 Å². The summed E-state index contributed by atoms with van der Waals surface area (Å²) >= 11 is 8.26. The van der Waals surface area contributed by atoms with Gasteiger partial charge < -0.3 is 40.5 Å². The van der Waals surface area contributed by atoms with Crippen LogP contribution in [0.15, 0.2) is 0 Å². The third-order valence-electron chi connectivity index (χ3n) is 0. The monoisotopic (exact) mass is 161 g/mol. The van der Waals surface area contributed by atoms with E-state index in [1.54, 1.807) is 0 Å². The molecule has 42 valence electrons. The number of thiocarbonyl (C=S) groups is 1. The van der Waals surface area contributed by atoms with Crippen LogP contribution in [0.25, 0.3) is 0 Å². The Balaban J connectivity index is -0.0000000575. The van der Waals surface area contributed by atoms with E-state index in [1.807, 2.05) is 0 Å². The summed E-state index contributed by atoms with van der Waals surface area (Å²) < 4.78 is 0.0833. The topological polar surface area (TPSA) is 66.2 Å². The van der Waals surface area contributed by atoms with E-state index in [4.69, 9.17) is 9.90 Å². The number of rotatable bonds is 0. The van der Waals surface area contributed by atoms with E-state index >= 15 is 0 Å². The largest absolute Gasteiger partial charge is 2.00 e. The van der Waals surface area contributed by atoms with Crippen molar-refractivity contribution < 1.29 is 9.90 Å². The standard InChI is InChI=1S/CH3NS2.CH2O2.Mg/c2-1(3)4;2-1-3;/h(H3,2,3,4);1H,(H,2,3);/q;;+2/p-2. The van der Waals surface area contributed by atoms with Gasteiger partial charge in [-0.15, -0.1) is 0 Å². The van der Waals surface area contributed by atoms with Crippen LogP contribution in [-0.2, 0) is 17.4 Å². The molecule has 8 heavy (non-hydrogen) atoms. The fourth-order valence-corrected chi connectivity index (χ4v) is 0. The summed E-state index contributed by atoms with van der Waals surface area (Å²) in [6, 6.07) is 0. The molecule has 0 aromatic rings. The predicted molar refractivity (Wildman–Crippen MR) is 36.0 cm³/mol. The van der Waals surface area contributed by atoms with Gasteiger partial charge in [-0.25, -0.2) is 0 Å². The Morgan fingerprint density at radius 2 is 1.88 bits per heavy atom. The molecule has 0 saturated heterocycles. The van der Waals surface area contributed by atoms with Crippen LogP contribution in [0.4, 0.5) is 0 Å². The quantitative estimate of drug-likeness (QED) is 0.188. The van der Waals surface area contributed by atoms with E-state index in [-0.39, 0.29) is 27.4 Å². The Morgan fingerprint density at radius 3 is 1.88 bits per heavy atom. The number of carbonyl (C=O) groups is 1. The normalized spacial score (nSPS) is 4.50. The SMILES string of the molecule is NC(=S)[S-].O=C[O-].[Mg+2]. The molecule has 0 aliphatic rings. The van der Waals surface area contributed by atoms with Crippen molar-refractivity contribution in [3.63, 3.8) is 0 Å². The minimum atomic E-state index is -0.500. The van der Waals surface area contributed by atoms with Crippen molar-refractivity contribution in [2.45, 2.75) is 0 Å². The van der Waals surface area contributed by atoms with Crippen LogP contribution < -0.4 is 10.8 Å². The summed E-state index contributed by atoms with van der Waals surface area (Å²) in [6.07, 6.45) is 0. The van der Waals surface area contributed by atoms with Crippen LogP contribution in [-0.4, -0.2) is 33.8 Å². The van der Waals surface area contributed by atoms with Gasteiger partial charge in [0.15, 0.2) is 0 Å². The molecule has 0 unspecified atom stereocenters. The molecule has 0 aliphatic heterocycles. The molecule has 0 atom stereocenters. The van der Waals surface area contributed by atoms with Crippen LogP contribution in [0.1, 0.15) is 0 Å². The van der Waals surface area contributed by atoms with E-state index in [0.717, 1.165) is 0 Å². The Morgan fingerprint density at radius 1 is 1.88 bits per heavy atom. The van der Waals surface area contributed by atoms with Gasteiger partial charge in [0.25, 0.3) is 0 Å². The second-order valence-corrected chi connectivity index (χ2v) is 1.55. The summed E-state index contributed by atoms with van der Waals surface area (Å²) in [5.74, 6) is 0. The summed E-state index contributed by atoms with van der Waals surface area (Å²) in [6.45, 7) is -0.500. The van der Waals surface area contributed by atoms with Crippen molar-refractivity contribution in [2.24, 2.45) is 5.73 Å². The Bertz CT molecular complexity index is 65.1. The number of nitrogens with two attached hydrogens (primary N) is 1. The molecule has 0 saturated carbocycles. The van der Waals surface area contributed by atoms with E-state index < -0.39 is 6.47 Å². The molecule has 0 aliphatic carbocycles. The zero-order valence-corrected chi connectivity index (χ0v) is 7.04. The fourth-order valence-electron chi connectivity index (χ4n) is 0. The van der Waals surface area contributed by atoms with Crippen LogP contribution in [0, 0.1) is 0 Å². The maximum absolute atomic E-state index is 8.25. The van der Waals surface area contributed by atoms with Crippen LogP contribution in [0.3, 0.4) is 0 Å². The molecule has 3 nitrogen and oxygen atoms in total. The number of carboxylic acid groups (broad SMARTS) is 1. The van der Waals surface area contributed by atoms with E-state index in [0.29, 0.717) is 0 Å². The molecule has 0 rings (SSSR count). The van der Waals surface area contributed by atoms with Gasteiger partial charge >= 0.3 is 23.1 Å². The second-order valence-electron chi connectivity index (χ2n) is 0.415. The van der Waals surface area contributed by atoms with Crippen molar-refractivity contribution in [3.05, 3.63) is 0 Å². The molecule has 0 heterocycles. The Kier molecular flexibility index (Phi) is 30.9. The second kappa shape index (κ2) is 15.7. The van der Waals surface area contributed by atoms with Gasteiger partial charge in [0.1, 0.15) is 0 Å². The van der Waals surface area contributed by atoms with Gasteiger partial charge in [0, 0.05) is 6.47 Å². The van der Waals surface area contributed by atoms with Gasteiger partial charge in [0.2, 0.25) is 0 Å². The van der Waals surface area contributed by atoms with Gasteiger partial charge in [-0.3, -0.25) is 0 Å². The minimum Gasteiger partial charge on any atom is -0.554 e. The molecular formula is C2H3MgNO2S2. The summed E-state index contributed by atoms with van der Waals surface area (Å²) in [7, 11) is 0. The molecule has 0 bridgehead atoms. The Hall–Kier alpha value is 0.346. The third-order valence-corrected chi connectivity index (χ3v) is 0. The van der Waals surface area contributed by atoms with E-state index in [9.17, 15) is 0 Å². The molecule has 0 aromatic carbocycles. The van der Waals surface area contributed by atoms with Gasteiger partial charge in [-0.05, 0) is 0 Å². The zero-order valence-electron chi connectivity index (χ0n) is 3.99. The summed E-state index contributed by atoms with van der Waals surface area (Å²) in [5.41, 5.74) is 4.66. The summed E-state index contributed by atoms with van der Waals surface area (Å²) in [4.78, 5) is 8.25. The Labute approximate surface area is 74.2 Å². The maximum Gasteiger partial charge on any atom is 2.00 e. The minimum absolute atomic E-state index is 0. The van der Waals surface area contributed by atoms with Crippen molar-refractivity contribution in [1.29, 1.82) is 0 Å². The zero-order chi connectivity index (χ0) is 6.28. The molecule has 0 aromatic heterocycles. The molecule has 0 fully saturated rings. The third kappa shape index (κ3) is 1510. The molecule has 2 N–H and O–H groups in total. The van der Waals surface area contributed by atoms with E-state index in [2.05, 4.69) is 30.6 Å². The first kappa shape index (κ1) is 15.8. The average Bonchev–Trinajstić information content (AvgIpc) is 1.33. The number of hydrogen-bond acceptors (Lipinski definition) is 4. The van der Waals surface area contributed by atoms with Crippen molar-refractivity contribution >= 4 is 58.7 Å². The smallest absolute Gasteiger partial charge is 0.554 e. The number of carbonyl (C=O) groups excluding carboxylic acids is 1. The first-order chi connectivity index (χ1) is 3.15. The molecule has 0 amide bonds. The van der Waals surface area contributed by atoms with Crippen molar-refractivity contribution in [2.75, 3.05) is 0 Å². The number of hydrogen-bond donors (Lipinski definition) is 1.